The van der Waals surface area contributed by atoms with E-state index in [1.807, 2.05) is 4.90 Å². The van der Waals surface area contributed by atoms with Gasteiger partial charge >= 0.3 is 6.03 Å². The summed E-state index contributed by atoms with van der Waals surface area (Å²) in [6.45, 7) is 2.20. The van der Waals surface area contributed by atoms with Gasteiger partial charge in [-0.3, -0.25) is 0 Å². The topological polar surface area (TPSA) is 35.6 Å². The van der Waals surface area contributed by atoms with Crippen LogP contribution in [0.4, 0.5) is 19.3 Å². The molecule has 2 amide bonds. The standard InChI is InChI=1S/C19H19F2N3O/c20-16-7-5-15(6-8-16)9-10-22-19(25)24-13-11-23(12-14-24)18-4-2-1-3-17(18)21/h1-10H,11-14H2,(H,22,25)/b10-9+. The fourth-order valence-electron chi connectivity index (χ4n) is 2.73. The lowest BCUT2D eigenvalue weighted by atomic mass is 10.2. The van der Waals surface area contributed by atoms with E-state index in [1.54, 1.807) is 47.5 Å². The summed E-state index contributed by atoms with van der Waals surface area (Å²) < 4.78 is 26.6. The first-order valence-electron chi connectivity index (χ1n) is 8.10. The first kappa shape index (κ1) is 17.0. The summed E-state index contributed by atoms with van der Waals surface area (Å²) in [5, 5.41) is 2.70. The summed E-state index contributed by atoms with van der Waals surface area (Å²) in [5.41, 5.74) is 1.37. The predicted octanol–water partition coefficient (Wildman–Crippen LogP) is 3.47. The van der Waals surface area contributed by atoms with Crippen molar-refractivity contribution in [3.63, 3.8) is 0 Å². The molecule has 1 fully saturated rings. The molecule has 25 heavy (non-hydrogen) atoms. The number of urea groups is 1. The SMILES string of the molecule is O=C(N/C=C/c1ccc(F)cc1)N1CCN(c2ccccc2F)CC1. The highest BCUT2D eigenvalue weighted by Crippen LogP contribution is 2.20. The lowest BCUT2D eigenvalue weighted by Gasteiger charge is -2.35. The summed E-state index contributed by atoms with van der Waals surface area (Å²) >= 11 is 0. The molecule has 4 nitrogen and oxygen atoms in total. The second kappa shape index (κ2) is 7.79. The number of anilines is 1. The van der Waals surface area contributed by atoms with Crippen LogP contribution in [0.15, 0.2) is 54.7 Å². The van der Waals surface area contributed by atoms with Crippen molar-refractivity contribution in [3.8, 4) is 0 Å². The van der Waals surface area contributed by atoms with E-state index >= 15 is 0 Å². The first-order chi connectivity index (χ1) is 12.1. The molecule has 0 bridgehead atoms. The molecule has 1 aliphatic rings. The molecule has 3 rings (SSSR count). The highest BCUT2D eigenvalue weighted by Gasteiger charge is 2.21. The third-order valence-corrected chi connectivity index (χ3v) is 4.11. The molecular formula is C19H19F2N3O. The smallest absolute Gasteiger partial charge is 0.321 e. The Bertz CT molecular complexity index is 754. The third kappa shape index (κ3) is 4.35. The number of halogens is 2. The minimum Gasteiger partial charge on any atom is -0.366 e. The second-order valence-corrected chi connectivity index (χ2v) is 5.76. The van der Waals surface area contributed by atoms with Crippen molar-refractivity contribution < 1.29 is 13.6 Å². The molecule has 0 aliphatic carbocycles. The van der Waals surface area contributed by atoms with Crippen molar-refractivity contribution in [2.75, 3.05) is 31.1 Å². The summed E-state index contributed by atoms with van der Waals surface area (Å²) in [5.74, 6) is -0.545. The van der Waals surface area contributed by atoms with E-state index in [0.29, 0.717) is 31.9 Å². The average Bonchev–Trinajstić information content (AvgIpc) is 2.64. The van der Waals surface area contributed by atoms with Gasteiger partial charge in [-0.1, -0.05) is 24.3 Å². The molecule has 2 aromatic carbocycles. The number of carbonyl (C=O) groups is 1. The van der Waals surface area contributed by atoms with Crippen LogP contribution in [0.1, 0.15) is 5.56 Å². The Kier molecular flexibility index (Phi) is 5.28. The third-order valence-electron chi connectivity index (χ3n) is 4.11. The van der Waals surface area contributed by atoms with Crippen LogP contribution in [0.2, 0.25) is 0 Å². The molecule has 0 unspecified atom stereocenters. The molecule has 0 aromatic heterocycles. The van der Waals surface area contributed by atoms with E-state index in [0.717, 1.165) is 5.56 Å². The van der Waals surface area contributed by atoms with Crippen LogP contribution < -0.4 is 10.2 Å². The Balaban J connectivity index is 1.50. The zero-order valence-electron chi connectivity index (χ0n) is 13.7. The number of carbonyl (C=O) groups excluding carboxylic acids is 1. The highest BCUT2D eigenvalue weighted by molar-refractivity contribution is 5.76. The van der Waals surface area contributed by atoms with E-state index in [2.05, 4.69) is 5.32 Å². The number of hydrogen-bond acceptors (Lipinski definition) is 2. The number of nitrogens with one attached hydrogen (secondary N) is 1. The molecule has 2 aromatic rings. The van der Waals surface area contributed by atoms with Gasteiger partial charge in [0.2, 0.25) is 0 Å². The van der Waals surface area contributed by atoms with Gasteiger partial charge in [0.25, 0.3) is 0 Å². The van der Waals surface area contributed by atoms with Crippen LogP contribution in [0.5, 0.6) is 0 Å². The maximum Gasteiger partial charge on any atom is 0.321 e. The van der Waals surface area contributed by atoms with Crippen molar-refractivity contribution in [2.24, 2.45) is 0 Å². The lowest BCUT2D eigenvalue weighted by molar-refractivity contribution is 0.198. The number of rotatable bonds is 3. The van der Waals surface area contributed by atoms with Gasteiger partial charge in [0.15, 0.2) is 0 Å². The summed E-state index contributed by atoms with van der Waals surface area (Å²) in [7, 11) is 0. The zero-order chi connectivity index (χ0) is 17.6. The molecule has 1 aliphatic heterocycles. The quantitative estimate of drug-likeness (QED) is 0.926. The predicted molar refractivity (Wildman–Crippen MR) is 94.2 cm³/mol. The van der Waals surface area contributed by atoms with Crippen LogP contribution in [0, 0.1) is 11.6 Å². The molecule has 0 radical (unpaired) electrons. The van der Waals surface area contributed by atoms with Crippen LogP contribution in [0.3, 0.4) is 0 Å². The van der Waals surface area contributed by atoms with Gasteiger partial charge in [0.05, 0.1) is 5.69 Å². The number of benzene rings is 2. The molecule has 0 atom stereocenters. The largest absolute Gasteiger partial charge is 0.366 e. The molecule has 0 saturated carbocycles. The molecule has 1 heterocycles. The lowest BCUT2D eigenvalue weighted by Crippen LogP contribution is -2.51. The number of hydrogen-bond donors (Lipinski definition) is 1. The Morgan fingerprint density at radius 1 is 0.960 bits per heavy atom. The van der Waals surface area contributed by atoms with Crippen molar-refractivity contribution in [1.82, 2.24) is 10.2 Å². The molecular weight excluding hydrogens is 324 g/mol. The highest BCUT2D eigenvalue weighted by atomic mass is 19.1. The number of amides is 2. The minimum atomic E-state index is -0.297. The van der Waals surface area contributed by atoms with E-state index in [-0.39, 0.29) is 17.7 Å². The van der Waals surface area contributed by atoms with Crippen LogP contribution >= 0.6 is 0 Å². The Morgan fingerprint density at radius 3 is 2.32 bits per heavy atom. The first-order valence-corrected chi connectivity index (χ1v) is 8.10. The number of nitrogens with zero attached hydrogens (tertiary/aromatic N) is 2. The van der Waals surface area contributed by atoms with Crippen LogP contribution in [-0.4, -0.2) is 37.1 Å². The Morgan fingerprint density at radius 2 is 1.64 bits per heavy atom. The molecule has 0 spiro atoms. The van der Waals surface area contributed by atoms with Crippen molar-refractivity contribution in [3.05, 3.63) is 71.9 Å². The molecule has 1 saturated heterocycles. The number of para-hydroxylation sites is 1. The van der Waals surface area contributed by atoms with Crippen molar-refractivity contribution in [2.45, 2.75) is 0 Å². The summed E-state index contributed by atoms with van der Waals surface area (Å²) in [4.78, 5) is 15.8. The van der Waals surface area contributed by atoms with Crippen molar-refractivity contribution >= 4 is 17.8 Å². The van der Waals surface area contributed by atoms with Gasteiger partial charge in [-0.05, 0) is 35.9 Å². The van der Waals surface area contributed by atoms with Crippen molar-refractivity contribution in [1.29, 1.82) is 0 Å². The van der Waals surface area contributed by atoms with Gasteiger partial charge in [-0.2, -0.15) is 0 Å². The molecule has 6 heteroatoms. The second-order valence-electron chi connectivity index (χ2n) is 5.76. The fraction of sp³-hybridized carbons (Fsp3) is 0.211. The van der Waals surface area contributed by atoms with E-state index in [9.17, 15) is 13.6 Å². The molecule has 130 valence electrons. The normalized spacial score (nSPS) is 14.8. The summed E-state index contributed by atoms with van der Waals surface area (Å²) in [6, 6.07) is 12.4. The van der Waals surface area contributed by atoms with Crippen LogP contribution in [0.25, 0.3) is 6.08 Å². The van der Waals surface area contributed by atoms with Crippen LogP contribution in [-0.2, 0) is 0 Å². The Hall–Kier alpha value is -2.89. The fourth-order valence-corrected chi connectivity index (χ4v) is 2.73. The maximum absolute atomic E-state index is 13.8. The van der Waals surface area contributed by atoms with Gasteiger partial charge in [-0.25, -0.2) is 13.6 Å². The monoisotopic (exact) mass is 343 g/mol. The van der Waals surface area contributed by atoms with Gasteiger partial charge in [0, 0.05) is 32.4 Å². The minimum absolute atomic E-state index is 0.202. The van der Waals surface area contributed by atoms with E-state index in [4.69, 9.17) is 0 Å². The van der Waals surface area contributed by atoms with Gasteiger partial charge in [-0.15, -0.1) is 0 Å². The van der Waals surface area contributed by atoms with Gasteiger partial charge in [0.1, 0.15) is 11.6 Å². The van der Waals surface area contributed by atoms with Gasteiger partial charge < -0.3 is 15.1 Å². The Labute approximate surface area is 145 Å². The van der Waals surface area contributed by atoms with E-state index < -0.39 is 0 Å². The summed E-state index contributed by atoms with van der Waals surface area (Å²) in [6.07, 6.45) is 3.24. The average molecular weight is 343 g/mol. The number of piperazine rings is 1. The maximum atomic E-state index is 13.8. The zero-order valence-corrected chi connectivity index (χ0v) is 13.7. The molecule has 1 N–H and O–H groups in total. The van der Waals surface area contributed by atoms with E-state index in [1.165, 1.54) is 18.2 Å².